The molecule has 204 valence electrons. The predicted octanol–water partition coefficient (Wildman–Crippen LogP) is -0.924. The molecule has 0 radical (unpaired) electrons. The van der Waals surface area contributed by atoms with Gasteiger partial charge in [0.25, 0.3) is 5.91 Å². The average molecular weight is 501 g/mol. The van der Waals surface area contributed by atoms with Gasteiger partial charge in [0.15, 0.2) is 0 Å². The van der Waals surface area contributed by atoms with Crippen molar-refractivity contribution in [2.75, 3.05) is 21.1 Å². The second-order valence-corrected chi connectivity index (χ2v) is 10.4. The molecule has 12 heteroatoms. The maximum absolute atomic E-state index is 13.6. The minimum absolute atomic E-state index is 0.0984. The summed E-state index contributed by atoms with van der Waals surface area (Å²) in [5.41, 5.74) is 18.3. The van der Waals surface area contributed by atoms with Crippen molar-refractivity contribution in [2.45, 2.75) is 85.0 Å². The van der Waals surface area contributed by atoms with Crippen LogP contribution in [0.3, 0.4) is 0 Å². The van der Waals surface area contributed by atoms with Gasteiger partial charge in [0.1, 0.15) is 6.29 Å². The molecule has 0 saturated heterocycles. The molecule has 0 aromatic carbocycles. The van der Waals surface area contributed by atoms with E-state index in [2.05, 4.69) is 0 Å². The summed E-state index contributed by atoms with van der Waals surface area (Å²) in [6.45, 7) is 12.4. The third-order valence-corrected chi connectivity index (χ3v) is 6.27. The Hall–Kier alpha value is -2.12. The quantitative estimate of drug-likeness (QED) is 0.107. The van der Waals surface area contributed by atoms with Crippen LogP contribution in [-0.2, 0) is 19.2 Å². The van der Waals surface area contributed by atoms with E-state index in [-0.39, 0.29) is 17.8 Å². The number of rotatable bonds is 13. The summed E-state index contributed by atoms with van der Waals surface area (Å²) >= 11 is 0. The highest BCUT2D eigenvalue weighted by atomic mass is 16.2. The molecule has 0 aromatic heterocycles. The molecule has 1 unspecified atom stereocenters. The molecular formula is C23H48N8O4. The molecule has 0 spiro atoms. The SMILES string of the molecule is CC(C)C[C@@H](N)C(=O)N(C)[C@](N(C)C(=O)C(C)N)(N(C)C(=O)[C@H](N)C(C)C)N(N)[C@@H](C=O)C(C)C. The van der Waals surface area contributed by atoms with Gasteiger partial charge >= 0.3 is 0 Å². The van der Waals surface area contributed by atoms with Gasteiger partial charge in [-0.05, 0) is 31.1 Å². The van der Waals surface area contributed by atoms with Crippen molar-refractivity contribution in [3.8, 4) is 0 Å². The maximum Gasteiger partial charge on any atom is 0.275 e. The molecule has 35 heavy (non-hydrogen) atoms. The van der Waals surface area contributed by atoms with Gasteiger partial charge in [0, 0.05) is 21.1 Å². The van der Waals surface area contributed by atoms with E-state index in [1.165, 1.54) is 28.1 Å². The van der Waals surface area contributed by atoms with Crippen LogP contribution in [0.4, 0.5) is 0 Å². The number of amides is 3. The molecule has 0 aliphatic rings. The van der Waals surface area contributed by atoms with Gasteiger partial charge in [-0.3, -0.25) is 34.9 Å². The molecule has 12 nitrogen and oxygen atoms in total. The van der Waals surface area contributed by atoms with Gasteiger partial charge in [0.05, 0.1) is 24.2 Å². The van der Waals surface area contributed by atoms with E-state index in [1.54, 1.807) is 27.7 Å². The smallest absolute Gasteiger partial charge is 0.275 e. The van der Waals surface area contributed by atoms with E-state index in [0.717, 1.165) is 19.7 Å². The third kappa shape index (κ3) is 6.98. The Balaban J connectivity index is 7.36. The minimum Gasteiger partial charge on any atom is -0.320 e. The van der Waals surface area contributed by atoms with E-state index in [1.807, 2.05) is 13.8 Å². The van der Waals surface area contributed by atoms with Gasteiger partial charge in [0.2, 0.25) is 17.7 Å². The van der Waals surface area contributed by atoms with E-state index < -0.39 is 47.8 Å². The normalized spacial score (nSPS) is 17.1. The monoisotopic (exact) mass is 500 g/mol. The molecule has 0 aliphatic heterocycles. The van der Waals surface area contributed by atoms with Crippen molar-refractivity contribution in [1.29, 1.82) is 0 Å². The lowest BCUT2D eigenvalue weighted by Crippen LogP contribution is -2.83. The van der Waals surface area contributed by atoms with E-state index in [4.69, 9.17) is 23.0 Å². The van der Waals surface area contributed by atoms with Crippen LogP contribution in [0.5, 0.6) is 0 Å². The average Bonchev–Trinajstić information content (AvgIpc) is 2.76. The van der Waals surface area contributed by atoms with Gasteiger partial charge in [-0.2, -0.15) is 5.01 Å². The minimum atomic E-state index is -2.09. The molecular weight excluding hydrogens is 452 g/mol. The lowest BCUT2D eigenvalue weighted by Gasteiger charge is -2.58. The summed E-state index contributed by atoms with van der Waals surface area (Å²) in [5.74, 6) is 2.21. The van der Waals surface area contributed by atoms with Crippen molar-refractivity contribution in [3.05, 3.63) is 0 Å². The van der Waals surface area contributed by atoms with E-state index >= 15 is 0 Å². The number of hydrogen-bond donors (Lipinski definition) is 4. The van der Waals surface area contributed by atoms with Crippen LogP contribution in [0.1, 0.15) is 54.9 Å². The molecule has 0 aliphatic carbocycles. The van der Waals surface area contributed by atoms with Crippen LogP contribution >= 0.6 is 0 Å². The molecule has 3 amide bonds. The second-order valence-electron chi connectivity index (χ2n) is 10.4. The van der Waals surface area contributed by atoms with Gasteiger partial charge < -0.3 is 22.0 Å². The van der Waals surface area contributed by atoms with Crippen LogP contribution in [0.15, 0.2) is 0 Å². The first-order chi connectivity index (χ1) is 15.9. The Morgan fingerprint density at radius 3 is 1.54 bits per heavy atom. The summed E-state index contributed by atoms with van der Waals surface area (Å²) in [7, 11) is 4.14. The lowest BCUT2D eigenvalue weighted by atomic mass is 10.0. The fraction of sp³-hybridized carbons (Fsp3) is 0.826. The van der Waals surface area contributed by atoms with Crippen molar-refractivity contribution in [2.24, 2.45) is 40.8 Å². The Bertz CT molecular complexity index is 745. The van der Waals surface area contributed by atoms with Crippen LogP contribution < -0.4 is 23.0 Å². The number of carbonyl (C=O) groups excluding carboxylic acids is 4. The number of nitrogens with two attached hydrogens (primary N) is 4. The van der Waals surface area contributed by atoms with Gasteiger partial charge in [-0.15, -0.1) is 0 Å². The highest BCUT2D eigenvalue weighted by molar-refractivity contribution is 5.88. The number of hydrogen-bond acceptors (Lipinski definition) is 9. The lowest BCUT2D eigenvalue weighted by molar-refractivity contribution is -0.245. The fourth-order valence-corrected chi connectivity index (χ4v) is 4.05. The third-order valence-electron chi connectivity index (χ3n) is 6.27. The van der Waals surface area contributed by atoms with Crippen molar-refractivity contribution >= 4 is 24.0 Å². The van der Waals surface area contributed by atoms with Crippen LogP contribution in [0.2, 0.25) is 0 Å². The molecule has 5 atom stereocenters. The van der Waals surface area contributed by atoms with Gasteiger partial charge in [-0.1, -0.05) is 41.5 Å². The maximum atomic E-state index is 13.6. The first-order valence-corrected chi connectivity index (χ1v) is 12.0. The summed E-state index contributed by atoms with van der Waals surface area (Å²) in [5, 5.41) is 1.04. The number of likely N-dealkylation sites (N-methyl/N-ethyl adjacent to an activating group) is 3. The highest BCUT2D eigenvalue weighted by Crippen LogP contribution is 2.31. The standard InChI is InChI=1S/C23H48N8O4/c1-13(2)11-17(25)21(34)29(9)23(28(8)20(33)16(7)24,31(27)18(12-32)14(3)4)30(10)22(35)19(26)15(5)6/h12-19H,11,24-27H2,1-10H3/t16?,17-,18+,19-,23-/m1/s1. The first kappa shape index (κ1) is 32.9. The molecule has 0 fully saturated rings. The van der Waals surface area contributed by atoms with Crippen molar-refractivity contribution in [3.63, 3.8) is 0 Å². The summed E-state index contributed by atoms with van der Waals surface area (Å²) in [6.07, 6.45) is 0.954. The molecule has 0 heterocycles. The Kier molecular flexibility index (Phi) is 12.5. The number of hydrazine groups is 1. The zero-order valence-electron chi connectivity index (χ0n) is 23.1. The van der Waals surface area contributed by atoms with Crippen LogP contribution in [-0.4, -0.2) is 94.9 Å². The number of carbonyl (C=O) groups is 4. The molecule has 0 rings (SSSR count). The van der Waals surface area contributed by atoms with Crippen molar-refractivity contribution in [1.82, 2.24) is 19.7 Å². The Morgan fingerprint density at radius 1 is 0.771 bits per heavy atom. The first-order valence-electron chi connectivity index (χ1n) is 12.0. The summed E-state index contributed by atoms with van der Waals surface area (Å²) in [4.78, 5) is 56.0. The predicted molar refractivity (Wildman–Crippen MR) is 136 cm³/mol. The zero-order valence-corrected chi connectivity index (χ0v) is 23.1. The van der Waals surface area contributed by atoms with Crippen molar-refractivity contribution < 1.29 is 19.2 Å². The fourth-order valence-electron chi connectivity index (χ4n) is 4.05. The number of aldehydes is 1. The molecule has 0 saturated carbocycles. The van der Waals surface area contributed by atoms with E-state index in [0.29, 0.717) is 12.7 Å². The highest BCUT2D eigenvalue weighted by Gasteiger charge is 2.57. The van der Waals surface area contributed by atoms with Crippen LogP contribution in [0, 0.1) is 17.8 Å². The molecule has 0 aromatic rings. The Morgan fingerprint density at radius 2 is 1.20 bits per heavy atom. The summed E-state index contributed by atoms with van der Waals surface area (Å²) in [6, 6.07) is -3.94. The Labute approximate surface area is 210 Å². The molecule has 0 bridgehead atoms. The zero-order chi connectivity index (χ0) is 28.0. The van der Waals surface area contributed by atoms with Crippen LogP contribution in [0.25, 0.3) is 0 Å². The molecule has 8 N–H and O–H groups in total. The van der Waals surface area contributed by atoms with Gasteiger partial charge in [-0.25, -0.2) is 0 Å². The largest absolute Gasteiger partial charge is 0.320 e. The topological polar surface area (TPSA) is 185 Å². The second kappa shape index (κ2) is 13.3. The van der Waals surface area contributed by atoms with E-state index in [9.17, 15) is 19.2 Å². The number of nitrogens with zero attached hydrogens (tertiary/aromatic N) is 4. The summed E-state index contributed by atoms with van der Waals surface area (Å²) < 4.78 is 0.